The summed E-state index contributed by atoms with van der Waals surface area (Å²) in [7, 11) is 0. The molecule has 26 heavy (non-hydrogen) atoms. The standard InChI is InChI=1S/2C11H14O.2ClH/c2*1-11(2,3)10(12)9-7-5-4-6-8-9;;/h2*4-8H,1-3H3;2*1H. The smallest absolute Gasteiger partial charge is 0.168 e. The molecule has 0 amide bonds. The van der Waals surface area contributed by atoms with Gasteiger partial charge in [0.1, 0.15) is 0 Å². The molecular weight excluding hydrogens is 367 g/mol. The lowest BCUT2D eigenvalue weighted by Crippen LogP contribution is -2.19. The third-order valence-corrected chi connectivity index (χ3v) is 3.43. The monoisotopic (exact) mass is 396 g/mol. The van der Waals surface area contributed by atoms with E-state index in [1.165, 1.54) is 0 Å². The van der Waals surface area contributed by atoms with E-state index in [0.29, 0.717) is 0 Å². The molecule has 144 valence electrons. The van der Waals surface area contributed by atoms with Crippen LogP contribution in [0.4, 0.5) is 0 Å². The van der Waals surface area contributed by atoms with Crippen LogP contribution in [0.2, 0.25) is 0 Å². The predicted molar refractivity (Wildman–Crippen MR) is 115 cm³/mol. The van der Waals surface area contributed by atoms with Crippen molar-refractivity contribution in [3.8, 4) is 0 Å². The fourth-order valence-corrected chi connectivity index (χ4v) is 2.05. The second kappa shape index (κ2) is 11.2. The number of carbonyl (C=O) groups is 2. The molecule has 2 nitrogen and oxygen atoms in total. The van der Waals surface area contributed by atoms with Crippen LogP contribution in [-0.2, 0) is 0 Å². The molecule has 0 N–H and O–H groups in total. The first-order valence-corrected chi connectivity index (χ1v) is 8.23. The van der Waals surface area contributed by atoms with E-state index in [9.17, 15) is 9.59 Å². The van der Waals surface area contributed by atoms with Crippen LogP contribution in [0.3, 0.4) is 0 Å². The van der Waals surface area contributed by atoms with Gasteiger partial charge in [-0.2, -0.15) is 0 Å². The molecule has 0 fully saturated rings. The maximum atomic E-state index is 11.7. The highest BCUT2D eigenvalue weighted by atomic mass is 35.5. The number of hydrogen-bond donors (Lipinski definition) is 0. The molecule has 0 unspecified atom stereocenters. The molecule has 0 aromatic heterocycles. The third kappa shape index (κ3) is 8.64. The normalized spacial score (nSPS) is 10.4. The second-order valence-corrected chi connectivity index (χ2v) is 7.89. The summed E-state index contributed by atoms with van der Waals surface area (Å²) in [5.41, 5.74) is 1.04. The molecule has 0 spiro atoms. The summed E-state index contributed by atoms with van der Waals surface area (Å²) in [5.74, 6) is 0.395. The Balaban J connectivity index is 0. The molecule has 0 aliphatic carbocycles. The van der Waals surface area contributed by atoms with E-state index in [2.05, 4.69) is 0 Å². The van der Waals surface area contributed by atoms with Crippen molar-refractivity contribution in [2.75, 3.05) is 0 Å². The van der Waals surface area contributed by atoms with E-state index < -0.39 is 0 Å². The first-order chi connectivity index (χ1) is 11.0. The lowest BCUT2D eigenvalue weighted by Gasteiger charge is -2.16. The molecule has 0 heterocycles. The highest BCUT2D eigenvalue weighted by Crippen LogP contribution is 2.20. The number of halogens is 2. The van der Waals surface area contributed by atoms with Gasteiger partial charge < -0.3 is 0 Å². The van der Waals surface area contributed by atoms with Gasteiger partial charge in [-0.3, -0.25) is 9.59 Å². The molecule has 4 heteroatoms. The number of carbonyl (C=O) groups excluding carboxylic acids is 2. The Hall–Kier alpha value is -1.64. The molecule has 0 saturated carbocycles. The highest BCUT2D eigenvalue weighted by molar-refractivity contribution is 6.00. The van der Waals surface area contributed by atoms with Crippen molar-refractivity contribution in [1.82, 2.24) is 0 Å². The van der Waals surface area contributed by atoms with Crippen LogP contribution in [0.25, 0.3) is 0 Å². The summed E-state index contributed by atoms with van der Waals surface area (Å²) in [6.45, 7) is 11.6. The molecule has 0 atom stereocenters. The Labute approximate surface area is 170 Å². The van der Waals surface area contributed by atoms with Crippen LogP contribution in [-0.4, -0.2) is 11.6 Å². The van der Waals surface area contributed by atoms with Crippen molar-refractivity contribution < 1.29 is 9.59 Å². The van der Waals surface area contributed by atoms with Crippen LogP contribution in [0.1, 0.15) is 62.3 Å². The summed E-state index contributed by atoms with van der Waals surface area (Å²) in [6.07, 6.45) is 0. The summed E-state index contributed by atoms with van der Waals surface area (Å²) in [5, 5.41) is 0. The molecule has 2 rings (SSSR count). The van der Waals surface area contributed by atoms with Crippen molar-refractivity contribution in [3.05, 3.63) is 71.8 Å². The molecule has 2 aromatic carbocycles. The van der Waals surface area contributed by atoms with Gasteiger partial charge in [-0.05, 0) is 0 Å². The average molecular weight is 397 g/mol. The first-order valence-electron chi connectivity index (χ1n) is 8.23. The largest absolute Gasteiger partial charge is 0.294 e. The van der Waals surface area contributed by atoms with Crippen molar-refractivity contribution in [3.63, 3.8) is 0 Å². The summed E-state index contributed by atoms with van der Waals surface area (Å²) in [6, 6.07) is 18.8. The van der Waals surface area contributed by atoms with Gasteiger partial charge in [-0.15, -0.1) is 24.8 Å². The van der Waals surface area contributed by atoms with E-state index in [-0.39, 0.29) is 47.2 Å². The van der Waals surface area contributed by atoms with Crippen LogP contribution in [0.5, 0.6) is 0 Å². The minimum Gasteiger partial charge on any atom is -0.294 e. The van der Waals surface area contributed by atoms with Gasteiger partial charge in [0.05, 0.1) is 0 Å². The van der Waals surface area contributed by atoms with Gasteiger partial charge in [0.15, 0.2) is 11.6 Å². The van der Waals surface area contributed by atoms with Gasteiger partial charge >= 0.3 is 0 Å². The Kier molecular flexibility index (Phi) is 11.4. The molecule has 0 aliphatic heterocycles. The van der Waals surface area contributed by atoms with Crippen molar-refractivity contribution >= 4 is 36.4 Å². The van der Waals surface area contributed by atoms with Gasteiger partial charge in [0, 0.05) is 22.0 Å². The molecule has 0 bridgehead atoms. The number of rotatable bonds is 2. The number of benzene rings is 2. The quantitative estimate of drug-likeness (QED) is 0.530. The van der Waals surface area contributed by atoms with Crippen molar-refractivity contribution in [2.45, 2.75) is 41.5 Å². The second-order valence-electron chi connectivity index (χ2n) is 7.89. The van der Waals surface area contributed by atoms with Crippen molar-refractivity contribution in [2.24, 2.45) is 10.8 Å². The van der Waals surface area contributed by atoms with Crippen LogP contribution >= 0.6 is 24.8 Å². The minimum absolute atomic E-state index is 0. The van der Waals surface area contributed by atoms with Crippen molar-refractivity contribution in [1.29, 1.82) is 0 Å². The predicted octanol–water partition coefficient (Wildman–Crippen LogP) is 6.67. The van der Waals surface area contributed by atoms with Crippen LogP contribution < -0.4 is 0 Å². The Morgan fingerprint density at radius 2 is 0.769 bits per heavy atom. The lowest BCUT2D eigenvalue weighted by atomic mass is 9.87. The zero-order valence-corrected chi connectivity index (χ0v) is 18.0. The molecule has 0 aliphatic rings. The SMILES string of the molecule is CC(C)(C)C(=O)c1ccccc1.CC(C)(C)C(=O)c1ccccc1.Cl.Cl. The summed E-state index contributed by atoms with van der Waals surface area (Å²) >= 11 is 0. The van der Waals surface area contributed by atoms with Crippen LogP contribution in [0.15, 0.2) is 60.7 Å². The van der Waals surface area contributed by atoms with E-state index in [0.717, 1.165) is 11.1 Å². The third-order valence-electron chi connectivity index (χ3n) is 3.43. The van der Waals surface area contributed by atoms with Gasteiger partial charge in [0.2, 0.25) is 0 Å². The maximum Gasteiger partial charge on any atom is 0.168 e. The van der Waals surface area contributed by atoms with Gasteiger partial charge in [0.25, 0.3) is 0 Å². The zero-order chi connectivity index (χ0) is 18.4. The van der Waals surface area contributed by atoms with Crippen LogP contribution in [0, 0.1) is 10.8 Å². The minimum atomic E-state index is -0.276. The fraction of sp³-hybridized carbons (Fsp3) is 0.364. The highest BCUT2D eigenvalue weighted by Gasteiger charge is 2.22. The lowest BCUT2D eigenvalue weighted by molar-refractivity contribution is 0.0852. The zero-order valence-electron chi connectivity index (χ0n) is 16.4. The molecule has 0 radical (unpaired) electrons. The fourth-order valence-electron chi connectivity index (χ4n) is 2.05. The Morgan fingerprint density at radius 1 is 0.538 bits per heavy atom. The van der Waals surface area contributed by atoms with E-state index in [1.54, 1.807) is 0 Å². The number of ketones is 2. The van der Waals surface area contributed by atoms with E-state index in [1.807, 2.05) is 102 Å². The molecule has 0 saturated heterocycles. The average Bonchev–Trinajstić information content (AvgIpc) is 2.54. The van der Waals surface area contributed by atoms with Gasteiger partial charge in [-0.1, -0.05) is 102 Å². The first kappa shape index (κ1) is 26.6. The van der Waals surface area contributed by atoms with E-state index in [4.69, 9.17) is 0 Å². The topological polar surface area (TPSA) is 34.1 Å². The van der Waals surface area contributed by atoms with E-state index >= 15 is 0 Å². The number of Topliss-reactive ketones (excluding diaryl/α,β-unsaturated/α-hetero) is 2. The summed E-state index contributed by atoms with van der Waals surface area (Å²) < 4.78 is 0. The molecule has 2 aromatic rings. The van der Waals surface area contributed by atoms with Gasteiger partial charge in [-0.25, -0.2) is 0 Å². The summed E-state index contributed by atoms with van der Waals surface area (Å²) in [4.78, 5) is 23.3. The number of hydrogen-bond acceptors (Lipinski definition) is 2. The Morgan fingerprint density at radius 3 is 0.962 bits per heavy atom. The Bertz CT molecular complexity index is 605. The molecular formula is C22H30Cl2O2. The maximum absolute atomic E-state index is 11.7.